The molecule has 0 spiro atoms. The van der Waals surface area contributed by atoms with E-state index in [1.807, 2.05) is 18.2 Å². The average Bonchev–Trinajstić information content (AvgIpc) is 3.31. The molecule has 1 amide bonds. The lowest BCUT2D eigenvalue weighted by molar-refractivity contribution is -0.122. The lowest BCUT2D eigenvalue weighted by atomic mass is 10.2. The molecule has 2 heterocycles. The van der Waals surface area contributed by atoms with Crippen LogP contribution in [0.4, 0.5) is 0 Å². The van der Waals surface area contributed by atoms with Crippen LogP contribution in [0.2, 0.25) is 0 Å². The van der Waals surface area contributed by atoms with E-state index in [9.17, 15) is 4.79 Å². The topological polar surface area (TPSA) is 50.8 Å². The second-order valence-electron chi connectivity index (χ2n) is 6.11. The summed E-state index contributed by atoms with van der Waals surface area (Å²) in [5, 5.41) is 5.11. The number of nitrogens with zero attached hydrogens (tertiary/aromatic N) is 1. The van der Waals surface area contributed by atoms with Gasteiger partial charge in [-0.2, -0.15) is 0 Å². The summed E-state index contributed by atoms with van der Waals surface area (Å²) in [6, 6.07) is 10.3. The van der Waals surface area contributed by atoms with E-state index in [4.69, 9.17) is 9.47 Å². The molecule has 1 fully saturated rings. The van der Waals surface area contributed by atoms with Crippen LogP contribution in [-0.4, -0.2) is 38.1 Å². The van der Waals surface area contributed by atoms with Crippen LogP contribution in [0, 0.1) is 0 Å². The SMILES string of the molecule is COc1ccc(CNC(=O)CN2CCCC2c2cccs2)cc1OC. The zero-order valence-corrected chi connectivity index (χ0v) is 15.5. The minimum atomic E-state index is 0.0539. The fourth-order valence-corrected chi connectivity index (χ4v) is 4.15. The Hall–Kier alpha value is -2.05. The van der Waals surface area contributed by atoms with Crippen LogP contribution >= 0.6 is 11.3 Å². The Bertz CT molecular complexity index is 703. The summed E-state index contributed by atoms with van der Waals surface area (Å²) < 4.78 is 10.5. The summed E-state index contributed by atoms with van der Waals surface area (Å²) in [6.45, 7) is 1.90. The number of methoxy groups -OCH3 is 2. The van der Waals surface area contributed by atoms with Gasteiger partial charge >= 0.3 is 0 Å². The van der Waals surface area contributed by atoms with Crippen molar-refractivity contribution in [1.29, 1.82) is 0 Å². The number of hydrogen-bond donors (Lipinski definition) is 1. The van der Waals surface area contributed by atoms with Crippen molar-refractivity contribution in [2.24, 2.45) is 0 Å². The highest BCUT2D eigenvalue weighted by Gasteiger charge is 2.28. The van der Waals surface area contributed by atoms with Gasteiger partial charge in [0.25, 0.3) is 0 Å². The first-order chi connectivity index (χ1) is 12.2. The van der Waals surface area contributed by atoms with Crippen molar-refractivity contribution in [3.05, 3.63) is 46.2 Å². The first-order valence-corrected chi connectivity index (χ1v) is 9.34. The molecule has 6 heteroatoms. The summed E-state index contributed by atoms with van der Waals surface area (Å²) >= 11 is 1.77. The van der Waals surface area contributed by atoms with Crippen LogP contribution in [0.3, 0.4) is 0 Å². The largest absolute Gasteiger partial charge is 0.493 e. The molecule has 1 aromatic heterocycles. The van der Waals surface area contributed by atoms with E-state index in [-0.39, 0.29) is 5.91 Å². The molecular weight excluding hydrogens is 336 g/mol. The lowest BCUT2D eigenvalue weighted by Gasteiger charge is -2.23. The third-order valence-electron chi connectivity index (χ3n) is 4.52. The standard InChI is InChI=1S/C19H24N2O3S/c1-23-16-8-7-14(11-17(16)24-2)12-20-19(22)13-21-9-3-5-15(21)18-6-4-10-25-18/h4,6-8,10-11,15H,3,5,9,12-13H2,1-2H3,(H,20,22). The molecule has 134 valence electrons. The highest BCUT2D eigenvalue weighted by Crippen LogP contribution is 2.34. The number of likely N-dealkylation sites (tertiary alicyclic amines) is 1. The summed E-state index contributed by atoms with van der Waals surface area (Å²) in [7, 11) is 3.22. The molecule has 25 heavy (non-hydrogen) atoms. The first-order valence-electron chi connectivity index (χ1n) is 8.46. The highest BCUT2D eigenvalue weighted by atomic mass is 32.1. The van der Waals surface area contributed by atoms with Crippen molar-refractivity contribution in [1.82, 2.24) is 10.2 Å². The predicted molar refractivity (Wildman–Crippen MR) is 99.3 cm³/mol. The van der Waals surface area contributed by atoms with Crippen molar-refractivity contribution < 1.29 is 14.3 Å². The molecule has 1 aliphatic rings. The van der Waals surface area contributed by atoms with Crippen molar-refractivity contribution >= 4 is 17.2 Å². The molecule has 1 saturated heterocycles. The molecule has 1 aliphatic heterocycles. The van der Waals surface area contributed by atoms with Crippen LogP contribution in [0.25, 0.3) is 0 Å². The number of thiophene rings is 1. The molecule has 0 saturated carbocycles. The number of carbonyl (C=O) groups excluding carboxylic acids is 1. The number of ether oxygens (including phenoxy) is 2. The third-order valence-corrected chi connectivity index (χ3v) is 5.49. The molecule has 5 nitrogen and oxygen atoms in total. The van der Waals surface area contributed by atoms with Gasteiger partial charge in [-0.1, -0.05) is 12.1 Å². The maximum Gasteiger partial charge on any atom is 0.234 e. The normalized spacial score (nSPS) is 17.4. The predicted octanol–water partition coefficient (Wildman–Crippen LogP) is 3.22. The second kappa shape index (κ2) is 8.36. The Morgan fingerprint density at radius 3 is 2.84 bits per heavy atom. The van der Waals surface area contributed by atoms with E-state index in [0.29, 0.717) is 30.6 Å². The molecular formula is C19H24N2O3S. The van der Waals surface area contributed by atoms with Gasteiger partial charge in [-0.15, -0.1) is 11.3 Å². The Morgan fingerprint density at radius 1 is 1.28 bits per heavy atom. The van der Waals surface area contributed by atoms with E-state index in [0.717, 1.165) is 24.9 Å². The van der Waals surface area contributed by atoms with Crippen LogP contribution in [0.5, 0.6) is 11.5 Å². The maximum absolute atomic E-state index is 12.4. The number of benzene rings is 1. The van der Waals surface area contributed by atoms with Gasteiger partial charge in [0, 0.05) is 17.5 Å². The summed E-state index contributed by atoms with van der Waals surface area (Å²) in [4.78, 5) is 16.0. The van der Waals surface area contributed by atoms with Gasteiger partial charge in [0.05, 0.1) is 20.8 Å². The Kier molecular flexibility index (Phi) is 5.94. The minimum Gasteiger partial charge on any atom is -0.493 e. The third kappa shape index (κ3) is 4.32. The molecule has 1 N–H and O–H groups in total. The number of amides is 1. The van der Waals surface area contributed by atoms with Gasteiger partial charge in [0.1, 0.15) is 0 Å². The molecule has 1 aromatic carbocycles. The first kappa shape index (κ1) is 17.8. The lowest BCUT2D eigenvalue weighted by Crippen LogP contribution is -2.36. The number of hydrogen-bond acceptors (Lipinski definition) is 5. The average molecular weight is 360 g/mol. The van der Waals surface area contributed by atoms with Crippen LogP contribution in [0.15, 0.2) is 35.7 Å². The molecule has 0 aliphatic carbocycles. The van der Waals surface area contributed by atoms with E-state index in [1.54, 1.807) is 25.6 Å². The van der Waals surface area contributed by atoms with E-state index in [1.165, 1.54) is 4.88 Å². The zero-order chi connectivity index (χ0) is 17.6. The van der Waals surface area contributed by atoms with Crippen LogP contribution in [-0.2, 0) is 11.3 Å². The molecule has 3 rings (SSSR count). The van der Waals surface area contributed by atoms with Gasteiger partial charge in [-0.3, -0.25) is 9.69 Å². The van der Waals surface area contributed by atoms with Crippen LogP contribution in [0.1, 0.15) is 29.3 Å². The van der Waals surface area contributed by atoms with Crippen molar-refractivity contribution in [2.45, 2.75) is 25.4 Å². The van der Waals surface area contributed by atoms with Gasteiger partial charge in [-0.25, -0.2) is 0 Å². The Balaban J connectivity index is 1.54. The summed E-state index contributed by atoms with van der Waals surface area (Å²) in [5.41, 5.74) is 0.988. The smallest absolute Gasteiger partial charge is 0.234 e. The second-order valence-corrected chi connectivity index (χ2v) is 7.09. The van der Waals surface area contributed by atoms with E-state index in [2.05, 4.69) is 27.7 Å². The molecule has 0 radical (unpaired) electrons. The zero-order valence-electron chi connectivity index (χ0n) is 14.7. The molecule has 1 atom stereocenters. The van der Waals surface area contributed by atoms with Crippen molar-refractivity contribution in [2.75, 3.05) is 27.3 Å². The van der Waals surface area contributed by atoms with Gasteiger partial charge in [0.2, 0.25) is 5.91 Å². The van der Waals surface area contributed by atoms with E-state index < -0.39 is 0 Å². The monoisotopic (exact) mass is 360 g/mol. The van der Waals surface area contributed by atoms with Gasteiger partial charge in [-0.05, 0) is 48.5 Å². The number of rotatable bonds is 7. The van der Waals surface area contributed by atoms with Crippen molar-refractivity contribution in [3.8, 4) is 11.5 Å². The van der Waals surface area contributed by atoms with E-state index >= 15 is 0 Å². The fourth-order valence-electron chi connectivity index (χ4n) is 3.25. The highest BCUT2D eigenvalue weighted by molar-refractivity contribution is 7.10. The maximum atomic E-state index is 12.4. The summed E-state index contributed by atoms with van der Waals surface area (Å²) in [6.07, 6.45) is 2.27. The van der Waals surface area contributed by atoms with Crippen LogP contribution < -0.4 is 14.8 Å². The van der Waals surface area contributed by atoms with Gasteiger partial charge in [0.15, 0.2) is 11.5 Å². The molecule has 2 aromatic rings. The van der Waals surface area contributed by atoms with Gasteiger partial charge < -0.3 is 14.8 Å². The quantitative estimate of drug-likeness (QED) is 0.824. The Labute approximate surface area is 152 Å². The Morgan fingerprint density at radius 2 is 2.12 bits per heavy atom. The molecule has 1 unspecified atom stereocenters. The molecule has 0 bridgehead atoms. The number of carbonyl (C=O) groups is 1. The number of nitrogens with one attached hydrogen (secondary N) is 1. The minimum absolute atomic E-state index is 0.0539. The summed E-state index contributed by atoms with van der Waals surface area (Å²) in [5.74, 6) is 1.42. The van der Waals surface area contributed by atoms with Crippen molar-refractivity contribution in [3.63, 3.8) is 0 Å². The fraction of sp³-hybridized carbons (Fsp3) is 0.421.